The molecule has 0 atom stereocenters. The first-order chi connectivity index (χ1) is 23.6. The van der Waals surface area contributed by atoms with Crippen LogP contribution < -0.4 is 0 Å². The van der Waals surface area contributed by atoms with Crippen molar-refractivity contribution in [2.75, 3.05) is 0 Å². The number of hydrogen-bond acceptors (Lipinski definition) is 0. The lowest BCUT2D eigenvalue weighted by molar-refractivity contribution is 0.647. The molecule has 0 heteroatoms. The van der Waals surface area contributed by atoms with E-state index in [1.165, 1.54) is 82.7 Å². The second kappa shape index (κ2) is 11.2. The minimum Gasteiger partial charge on any atom is -0.0622 e. The van der Waals surface area contributed by atoms with Crippen molar-refractivity contribution in [3.05, 3.63) is 204 Å². The molecule has 8 aromatic rings. The highest BCUT2D eigenvalue weighted by Crippen LogP contribution is 2.54. The molecule has 0 radical (unpaired) electrons. The first-order valence-electron chi connectivity index (χ1n) is 17.0. The van der Waals surface area contributed by atoms with Crippen LogP contribution in [0.5, 0.6) is 0 Å². The van der Waals surface area contributed by atoms with Crippen molar-refractivity contribution in [2.24, 2.45) is 0 Å². The van der Waals surface area contributed by atoms with E-state index < -0.39 is 0 Å². The smallest absolute Gasteiger partial charge is 0.0339 e. The Balaban J connectivity index is 1.24. The molecule has 9 rings (SSSR count). The Morgan fingerprint density at radius 3 is 1.69 bits per heavy atom. The minimum absolute atomic E-state index is 0.175. The monoisotopic (exact) mass is 612 g/mol. The zero-order valence-corrected chi connectivity index (χ0v) is 27.3. The van der Waals surface area contributed by atoms with Crippen LogP contribution >= 0.6 is 0 Å². The van der Waals surface area contributed by atoms with Crippen LogP contribution in [0, 0.1) is 0 Å². The predicted octanol–water partition coefficient (Wildman–Crippen LogP) is 12.8. The van der Waals surface area contributed by atoms with Gasteiger partial charge in [-0.05, 0) is 88.8 Å². The number of hydrogen-bond donors (Lipinski definition) is 0. The molecule has 0 spiro atoms. The van der Waals surface area contributed by atoms with Crippen LogP contribution in [0.25, 0.3) is 54.9 Å². The van der Waals surface area contributed by atoms with Crippen molar-refractivity contribution in [3.63, 3.8) is 0 Å². The molecular formula is C48H36. The van der Waals surface area contributed by atoms with Crippen LogP contribution in [0.15, 0.2) is 176 Å². The molecule has 0 N–H and O–H groups in total. The van der Waals surface area contributed by atoms with Gasteiger partial charge in [-0.15, -0.1) is 0 Å². The van der Waals surface area contributed by atoms with Crippen LogP contribution in [-0.2, 0) is 5.41 Å². The molecule has 0 saturated carbocycles. The third kappa shape index (κ3) is 4.52. The Bertz CT molecular complexity index is 2410. The van der Waals surface area contributed by atoms with E-state index in [1.807, 2.05) is 0 Å². The number of benzene rings is 8. The predicted molar refractivity (Wildman–Crippen MR) is 204 cm³/mol. The van der Waals surface area contributed by atoms with Gasteiger partial charge in [0.05, 0.1) is 0 Å². The quantitative estimate of drug-likeness (QED) is 0.170. The molecule has 0 fully saturated rings. The fourth-order valence-corrected chi connectivity index (χ4v) is 8.31. The maximum Gasteiger partial charge on any atom is 0.0339 e. The van der Waals surface area contributed by atoms with E-state index in [1.54, 1.807) is 0 Å². The van der Waals surface area contributed by atoms with Gasteiger partial charge in [-0.1, -0.05) is 184 Å². The third-order valence-electron chi connectivity index (χ3n) is 10.6. The summed E-state index contributed by atoms with van der Waals surface area (Å²) in [6, 6.07) is 65.1. The summed E-state index contributed by atoms with van der Waals surface area (Å²) in [5.41, 5.74) is 14.3. The van der Waals surface area contributed by atoms with E-state index in [-0.39, 0.29) is 11.3 Å². The molecule has 0 aliphatic heterocycles. The van der Waals surface area contributed by atoms with Crippen molar-refractivity contribution < 1.29 is 0 Å². The zero-order valence-electron chi connectivity index (χ0n) is 27.3. The van der Waals surface area contributed by atoms with Gasteiger partial charge >= 0.3 is 0 Å². The summed E-state index contributed by atoms with van der Waals surface area (Å²) in [6.07, 6.45) is 0. The average molecular weight is 613 g/mol. The summed E-state index contributed by atoms with van der Waals surface area (Å²) in [7, 11) is 0. The molecule has 48 heavy (non-hydrogen) atoms. The minimum atomic E-state index is -0.175. The lowest BCUT2D eigenvalue weighted by Gasteiger charge is -2.38. The Morgan fingerprint density at radius 2 is 0.958 bits per heavy atom. The molecule has 1 aliphatic carbocycles. The molecule has 1 aliphatic rings. The van der Waals surface area contributed by atoms with E-state index in [2.05, 4.69) is 190 Å². The topological polar surface area (TPSA) is 0 Å². The maximum atomic E-state index is 2.41. The standard InChI is InChI=1S/C48H36/c1-48(2)43-22-11-19-36-29-30-40(33-24-26-37(27-25-33)44(34-14-5-3-6-15-34)35-16-7-4-8-17-35)46(45(36)43)42-21-12-20-41(47(42)48)39-28-23-32-13-9-10-18-38(32)31-39/h3-31,44H,1-2H3. The van der Waals surface area contributed by atoms with Gasteiger partial charge in [0.25, 0.3) is 0 Å². The van der Waals surface area contributed by atoms with Crippen molar-refractivity contribution in [1.29, 1.82) is 0 Å². The molecule has 228 valence electrons. The summed E-state index contributed by atoms with van der Waals surface area (Å²) >= 11 is 0. The molecule has 0 heterocycles. The Hall–Kier alpha value is -5.72. The molecule has 0 amide bonds. The van der Waals surface area contributed by atoms with Crippen molar-refractivity contribution in [1.82, 2.24) is 0 Å². The molecule has 8 aromatic carbocycles. The zero-order chi connectivity index (χ0) is 32.2. The molecule has 0 aromatic heterocycles. The highest BCUT2D eigenvalue weighted by molar-refractivity contribution is 6.10. The summed E-state index contributed by atoms with van der Waals surface area (Å²) in [5, 5.41) is 5.21. The number of fused-ring (bicyclic) bond motifs is 3. The summed E-state index contributed by atoms with van der Waals surface area (Å²) < 4.78 is 0. The molecule has 0 unspecified atom stereocenters. The normalized spacial score (nSPS) is 13.1. The van der Waals surface area contributed by atoms with Crippen molar-refractivity contribution >= 4 is 21.5 Å². The van der Waals surface area contributed by atoms with Gasteiger partial charge < -0.3 is 0 Å². The van der Waals surface area contributed by atoms with Gasteiger partial charge in [-0.3, -0.25) is 0 Å². The molecule has 0 bridgehead atoms. The Morgan fingerprint density at radius 1 is 0.396 bits per heavy atom. The van der Waals surface area contributed by atoms with E-state index >= 15 is 0 Å². The van der Waals surface area contributed by atoms with Crippen LogP contribution in [0.3, 0.4) is 0 Å². The fraction of sp³-hybridized carbons (Fsp3) is 0.0833. The van der Waals surface area contributed by atoms with Crippen molar-refractivity contribution in [3.8, 4) is 33.4 Å². The van der Waals surface area contributed by atoms with E-state index in [9.17, 15) is 0 Å². The number of rotatable bonds is 5. The molecular weight excluding hydrogens is 577 g/mol. The van der Waals surface area contributed by atoms with E-state index in [0.717, 1.165) is 0 Å². The van der Waals surface area contributed by atoms with Gasteiger partial charge in [0.2, 0.25) is 0 Å². The van der Waals surface area contributed by atoms with Crippen molar-refractivity contribution in [2.45, 2.75) is 25.2 Å². The third-order valence-corrected chi connectivity index (χ3v) is 10.6. The van der Waals surface area contributed by atoms with Crippen LogP contribution in [-0.4, -0.2) is 0 Å². The van der Waals surface area contributed by atoms with Crippen LogP contribution in [0.2, 0.25) is 0 Å². The average Bonchev–Trinajstić information content (AvgIpc) is 3.14. The second-order valence-electron chi connectivity index (χ2n) is 13.7. The van der Waals surface area contributed by atoms with Gasteiger partial charge in [-0.25, -0.2) is 0 Å². The van der Waals surface area contributed by atoms with Gasteiger partial charge in [-0.2, -0.15) is 0 Å². The summed E-state index contributed by atoms with van der Waals surface area (Å²) in [6.45, 7) is 4.81. The van der Waals surface area contributed by atoms with Gasteiger partial charge in [0.15, 0.2) is 0 Å². The first-order valence-corrected chi connectivity index (χ1v) is 17.0. The largest absolute Gasteiger partial charge is 0.0622 e. The summed E-state index contributed by atoms with van der Waals surface area (Å²) in [5.74, 6) is 0.175. The van der Waals surface area contributed by atoms with E-state index in [0.29, 0.717) is 0 Å². The van der Waals surface area contributed by atoms with Crippen LogP contribution in [0.4, 0.5) is 0 Å². The summed E-state index contributed by atoms with van der Waals surface area (Å²) in [4.78, 5) is 0. The Labute approximate surface area is 283 Å². The van der Waals surface area contributed by atoms with Gasteiger partial charge in [0.1, 0.15) is 0 Å². The van der Waals surface area contributed by atoms with Gasteiger partial charge in [0, 0.05) is 11.3 Å². The van der Waals surface area contributed by atoms with Crippen LogP contribution in [0.1, 0.15) is 47.6 Å². The SMILES string of the molecule is CC1(C)c2c(-c3ccc4ccccc4c3)cccc2-c2c(-c3ccc(C(c4ccccc4)c4ccccc4)cc3)ccc3cccc1c23. The molecule has 0 nitrogen and oxygen atoms in total. The molecule has 0 saturated heterocycles. The lowest BCUT2D eigenvalue weighted by atomic mass is 9.65. The first kappa shape index (κ1) is 28.5. The van der Waals surface area contributed by atoms with E-state index in [4.69, 9.17) is 0 Å². The highest BCUT2D eigenvalue weighted by atomic mass is 14.4. The highest BCUT2D eigenvalue weighted by Gasteiger charge is 2.36. The fourth-order valence-electron chi connectivity index (χ4n) is 8.31. The lowest BCUT2D eigenvalue weighted by Crippen LogP contribution is -2.25. The Kier molecular flexibility index (Phi) is 6.66. The maximum absolute atomic E-state index is 2.41. The second-order valence-corrected chi connectivity index (χ2v) is 13.7.